The van der Waals surface area contributed by atoms with Crippen LogP contribution in [0.25, 0.3) is 27.2 Å². The summed E-state index contributed by atoms with van der Waals surface area (Å²) in [7, 11) is 3.64. The zero-order valence-corrected chi connectivity index (χ0v) is 24.0. The van der Waals surface area contributed by atoms with Gasteiger partial charge < -0.3 is 9.64 Å². The Labute approximate surface area is 238 Å². The molecule has 2 atom stereocenters. The van der Waals surface area contributed by atoms with Crippen molar-refractivity contribution in [2.75, 3.05) is 33.4 Å². The van der Waals surface area contributed by atoms with E-state index in [0.717, 1.165) is 53.4 Å². The van der Waals surface area contributed by atoms with Crippen LogP contribution in [0.1, 0.15) is 29.2 Å². The molecule has 3 aromatic heterocycles. The molecule has 0 radical (unpaired) electrons. The van der Waals surface area contributed by atoms with E-state index in [2.05, 4.69) is 40.1 Å². The smallest absolute Gasteiger partial charge is 0.139 e. The maximum atomic E-state index is 13.8. The van der Waals surface area contributed by atoms with Crippen molar-refractivity contribution in [2.24, 2.45) is 13.0 Å². The van der Waals surface area contributed by atoms with Gasteiger partial charge in [0, 0.05) is 64.3 Å². The van der Waals surface area contributed by atoms with Gasteiger partial charge in [-0.3, -0.25) is 9.48 Å². The lowest BCUT2D eigenvalue weighted by molar-refractivity contribution is -0.119. The average Bonchev–Trinajstić information content (AvgIpc) is 3.75. The number of hydrogen-bond acceptors (Lipinski definition) is 7. The number of rotatable bonds is 10. The van der Waals surface area contributed by atoms with Crippen LogP contribution in [-0.4, -0.2) is 68.6 Å². The number of ketones is 1. The standard InChI is InChI=1S/C31H34N6O2S/c1-21-29(37(25-7-5-4-6-8-25)34-31(21)24-16-33-35(2)17-24)15-26(38)13-23-18-36(11-12-39-3)19-27(23)22-9-10-28-30(14-22)40-20-32-28/h4-10,14,16-17,20,23,27H,11-13,15,18-19H2,1-3H3/t23-,27+/m1/s1. The second-order valence-corrected chi connectivity index (χ2v) is 11.6. The predicted molar refractivity (Wildman–Crippen MR) is 158 cm³/mol. The van der Waals surface area contributed by atoms with Crippen LogP contribution < -0.4 is 0 Å². The fourth-order valence-corrected chi connectivity index (χ4v) is 6.67. The second-order valence-electron chi connectivity index (χ2n) is 10.7. The van der Waals surface area contributed by atoms with Gasteiger partial charge >= 0.3 is 0 Å². The van der Waals surface area contributed by atoms with E-state index in [-0.39, 0.29) is 11.7 Å². The van der Waals surface area contributed by atoms with Crippen LogP contribution in [0.3, 0.4) is 0 Å². The minimum atomic E-state index is 0.236. The highest BCUT2D eigenvalue weighted by Crippen LogP contribution is 2.37. The molecule has 40 heavy (non-hydrogen) atoms. The van der Waals surface area contributed by atoms with Crippen molar-refractivity contribution < 1.29 is 9.53 Å². The number of para-hydroxylation sites is 1. The quantitative estimate of drug-likeness (QED) is 0.240. The third-order valence-electron chi connectivity index (χ3n) is 7.99. The summed E-state index contributed by atoms with van der Waals surface area (Å²) in [4.78, 5) is 20.7. The van der Waals surface area contributed by atoms with E-state index in [9.17, 15) is 4.79 Å². The van der Waals surface area contributed by atoms with Crippen molar-refractivity contribution in [2.45, 2.75) is 25.7 Å². The summed E-state index contributed by atoms with van der Waals surface area (Å²) in [5.74, 6) is 0.764. The number of Topliss-reactive ketones (excluding diaryl/α,β-unsaturated/α-hetero) is 1. The van der Waals surface area contributed by atoms with Crippen LogP contribution in [0.5, 0.6) is 0 Å². The molecule has 1 fully saturated rings. The Balaban J connectivity index is 1.28. The number of ether oxygens (including phenoxy) is 1. The minimum Gasteiger partial charge on any atom is -0.383 e. The first-order valence-electron chi connectivity index (χ1n) is 13.7. The second kappa shape index (κ2) is 11.4. The summed E-state index contributed by atoms with van der Waals surface area (Å²) >= 11 is 1.67. The lowest BCUT2D eigenvalue weighted by atomic mass is 9.85. The van der Waals surface area contributed by atoms with Gasteiger partial charge in [-0.2, -0.15) is 10.2 Å². The lowest BCUT2D eigenvalue weighted by Gasteiger charge is -2.18. The van der Waals surface area contributed by atoms with Crippen molar-refractivity contribution in [3.8, 4) is 16.9 Å². The van der Waals surface area contributed by atoms with E-state index in [1.54, 1.807) is 23.1 Å². The lowest BCUT2D eigenvalue weighted by Crippen LogP contribution is -2.25. The average molecular weight is 555 g/mol. The number of aromatic nitrogens is 5. The van der Waals surface area contributed by atoms with Crippen molar-refractivity contribution in [1.82, 2.24) is 29.4 Å². The molecule has 0 bridgehead atoms. The van der Waals surface area contributed by atoms with E-state index >= 15 is 0 Å². The monoisotopic (exact) mass is 554 g/mol. The molecule has 5 aromatic rings. The molecule has 0 amide bonds. The van der Waals surface area contributed by atoms with Crippen LogP contribution >= 0.6 is 11.3 Å². The number of nitrogens with zero attached hydrogens (tertiary/aromatic N) is 6. The van der Waals surface area contributed by atoms with E-state index in [1.165, 1.54) is 10.3 Å². The number of likely N-dealkylation sites (tertiary alicyclic amines) is 1. The SMILES string of the molecule is COCCN1C[C@@H](CC(=O)Cc2c(C)c(-c3cnn(C)c3)nn2-c2ccccc2)[C@H](c2ccc3ncsc3c2)C1. The summed E-state index contributed by atoms with van der Waals surface area (Å²) in [5.41, 5.74) is 8.94. The molecule has 9 heteroatoms. The third-order valence-corrected chi connectivity index (χ3v) is 8.78. The maximum Gasteiger partial charge on any atom is 0.139 e. The molecule has 1 aliphatic heterocycles. The molecule has 0 N–H and O–H groups in total. The Hall–Kier alpha value is -3.66. The summed E-state index contributed by atoms with van der Waals surface area (Å²) < 4.78 is 10.3. The number of carbonyl (C=O) groups is 1. The molecule has 206 valence electrons. The van der Waals surface area contributed by atoms with E-state index in [4.69, 9.17) is 9.84 Å². The topological polar surface area (TPSA) is 78.1 Å². The molecule has 4 heterocycles. The van der Waals surface area contributed by atoms with Crippen molar-refractivity contribution in [3.63, 3.8) is 0 Å². The largest absolute Gasteiger partial charge is 0.383 e. The Bertz CT molecular complexity index is 1620. The van der Waals surface area contributed by atoms with Crippen molar-refractivity contribution in [3.05, 3.63) is 83.3 Å². The van der Waals surface area contributed by atoms with Crippen LogP contribution in [0, 0.1) is 12.8 Å². The number of hydrogen-bond donors (Lipinski definition) is 0. The highest BCUT2D eigenvalue weighted by atomic mass is 32.1. The van der Waals surface area contributed by atoms with Gasteiger partial charge in [0.15, 0.2) is 0 Å². The molecule has 0 aliphatic carbocycles. The first-order valence-corrected chi connectivity index (χ1v) is 14.6. The summed E-state index contributed by atoms with van der Waals surface area (Å²) in [5, 5.41) is 9.30. The van der Waals surface area contributed by atoms with Gasteiger partial charge in [-0.15, -0.1) is 11.3 Å². The minimum absolute atomic E-state index is 0.236. The maximum absolute atomic E-state index is 13.8. The van der Waals surface area contributed by atoms with E-state index in [0.29, 0.717) is 25.4 Å². The molecule has 0 unspecified atom stereocenters. The van der Waals surface area contributed by atoms with Gasteiger partial charge in [0.25, 0.3) is 0 Å². The van der Waals surface area contributed by atoms with Gasteiger partial charge in [0.05, 0.1) is 45.6 Å². The number of thiazole rings is 1. The summed E-state index contributed by atoms with van der Waals surface area (Å²) in [6.45, 7) is 5.44. The summed E-state index contributed by atoms with van der Waals surface area (Å²) in [6, 6.07) is 16.6. The number of fused-ring (bicyclic) bond motifs is 1. The van der Waals surface area contributed by atoms with Gasteiger partial charge in [-0.1, -0.05) is 24.3 Å². The van der Waals surface area contributed by atoms with Crippen molar-refractivity contribution in [1.29, 1.82) is 0 Å². The molecule has 2 aromatic carbocycles. The molecule has 8 nitrogen and oxygen atoms in total. The molecule has 0 spiro atoms. The normalized spacial score (nSPS) is 17.7. The molecule has 1 saturated heterocycles. The van der Waals surface area contributed by atoms with Gasteiger partial charge in [-0.25, -0.2) is 9.67 Å². The van der Waals surface area contributed by atoms with Gasteiger partial charge in [-0.05, 0) is 48.2 Å². The number of benzene rings is 2. The Kier molecular flexibility index (Phi) is 7.60. The highest BCUT2D eigenvalue weighted by molar-refractivity contribution is 7.16. The molecule has 0 saturated carbocycles. The van der Waals surface area contributed by atoms with Crippen LogP contribution in [0.15, 0.2) is 66.4 Å². The van der Waals surface area contributed by atoms with Crippen molar-refractivity contribution >= 4 is 27.3 Å². The third kappa shape index (κ3) is 5.37. The Morgan fingerprint density at radius 3 is 2.77 bits per heavy atom. The van der Waals surface area contributed by atoms with Crippen LogP contribution in [0.4, 0.5) is 0 Å². The fraction of sp³-hybridized carbons (Fsp3) is 0.355. The molecular weight excluding hydrogens is 520 g/mol. The van der Waals surface area contributed by atoms with E-state index < -0.39 is 0 Å². The number of aryl methyl sites for hydroxylation is 1. The van der Waals surface area contributed by atoms with Gasteiger partial charge in [0.1, 0.15) is 5.78 Å². The first-order chi connectivity index (χ1) is 19.5. The van der Waals surface area contributed by atoms with Crippen LogP contribution in [-0.2, 0) is 23.0 Å². The predicted octanol–water partition coefficient (Wildman–Crippen LogP) is 5.05. The Morgan fingerprint density at radius 2 is 2.00 bits per heavy atom. The number of methoxy groups -OCH3 is 1. The summed E-state index contributed by atoms with van der Waals surface area (Å²) in [6.07, 6.45) is 4.65. The van der Waals surface area contributed by atoms with E-state index in [1.807, 2.05) is 60.0 Å². The molecular formula is C31H34N6O2S. The zero-order valence-electron chi connectivity index (χ0n) is 23.2. The molecule has 6 rings (SSSR count). The van der Waals surface area contributed by atoms with Crippen LogP contribution in [0.2, 0.25) is 0 Å². The number of carbonyl (C=O) groups excluding carboxylic acids is 1. The highest BCUT2D eigenvalue weighted by Gasteiger charge is 2.35. The van der Waals surface area contributed by atoms with Gasteiger partial charge in [0.2, 0.25) is 0 Å². The Morgan fingerprint density at radius 1 is 1.15 bits per heavy atom. The zero-order chi connectivity index (χ0) is 27.6. The first kappa shape index (κ1) is 26.6. The molecule has 1 aliphatic rings. The fourth-order valence-electron chi connectivity index (χ4n) is 5.94.